The first-order chi connectivity index (χ1) is 5.20. The Balaban J connectivity index is 3.74. The normalized spacial score (nSPS) is 11.9. The molecule has 66 valence electrons. The molecule has 0 spiro atoms. The number of aliphatic imine (C=N–C) groups is 1. The van der Waals surface area contributed by atoms with Gasteiger partial charge in [-0.3, -0.25) is 0 Å². The van der Waals surface area contributed by atoms with Crippen molar-refractivity contribution in [2.45, 2.75) is 19.9 Å². The fraction of sp³-hybridized carbons (Fsp3) is 0.857. The minimum Gasteiger partial charge on any atom is -0.469 e. The van der Waals surface area contributed by atoms with E-state index >= 15 is 0 Å². The summed E-state index contributed by atoms with van der Waals surface area (Å²) in [7, 11) is 1.55. The summed E-state index contributed by atoms with van der Waals surface area (Å²) in [4.78, 5) is 4.11. The smallest absolute Gasteiger partial charge is 0.284 e. The number of aliphatic hydroxyl groups is 1. The third-order valence-corrected chi connectivity index (χ3v) is 0.957. The predicted molar refractivity (Wildman–Crippen MR) is 44.7 cm³/mol. The van der Waals surface area contributed by atoms with Crippen molar-refractivity contribution in [3.63, 3.8) is 0 Å². The van der Waals surface area contributed by atoms with Crippen LogP contribution in [0.15, 0.2) is 4.99 Å². The second-order valence-corrected chi connectivity index (χ2v) is 2.38. The standard InChI is InChI=1S/C7H16N2O2/c1-6(2)9-7(11-3)8-4-5-10/h6,10H,4-5H2,1-3H3,(H,8,9). The van der Waals surface area contributed by atoms with Crippen LogP contribution in [0.3, 0.4) is 0 Å². The number of hydrogen-bond donors (Lipinski definition) is 2. The monoisotopic (exact) mass is 160 g/mol. The molecule has 0 aliphatic rings. The zero-order chi connectivity index (χ0) is 8.69. The molecule has 0 aromatic heterocycles. The molecule has 4 heteroatoms. The van der Waals surface area contributed by atoms with Gasteiger partial charge in [0.05, 0.1) is 13.7 Å². The van der Waals surface area contributed by atoms with Crippen molar-refractivity contribution < 1.29 is 9.84 Å². The van der Waals surface area contributed by atoms with E-state index in [1.807, 2.05) is 13.8 Å². The molecule has 0 heterocycles. The van der Waals surface area contributed by atoms with Crippen LogP contribution in [0.25, 0.3) is 0 Å². The van der Waals surface area contributed by atoms with Crippen LogP contribution in [0.4, 0.5) is 0 Å². The molecular weight excluding hydrogens is 144 g/mol. The molecule has 0 saturated heterocycles. The first-order valence-electron chi connectivity index (χ1n) is 3.67. The van der Waals surface area contributed by atoms with Gasteiger partial charge in [-0.15, -0.1) is 0 Å². The molecule has 0 aliphatic heterocycles. The van der Waals surface area contributed by atoms with E-state index in [-0.39, 0.29) is 12.6 Å². The highest BCUT2D eigenvalue weighted by molar-refractivity contribution is 5.73. The van der Waals surface area contributed by atoms with Gasteiger partial charge < -0.3 is 15.2 Å². The van der Waals surface area contributed by atoms with Gasteiger partial charge in [-0.25, -0.2) is 4.99 Å². The van der Waals surface area contributed by atoms with Gasteiger partial charge in [0.2, 0.25) is 0 Å². The molecule has 0 amide bonds. The third-order valence-electron chi connectivity index (χ3n) is 0.957. The first kappa shape index (κ1) is 10.2. The number of aliphatic hydroxyl groups excluding tert-OH is 1. The Labute approximate surface area is 67.3 Å². The van der Waals surface area contributed by atoms with Crippen LogP contribution >= 0.6 is 0 Å². The van der Waals surface area contributed by atoms with Crippen molar-refractivity contribution in [2.24, 2.45) is 4.99 Å². The summed E-state index contributed by atoms with van der Waals surface area (Å²) < 4.78 is 4.89. The lowest BCUT2D eigenvalue weighted by Gasteiger charge is -2.07. The molecule has 0 fully saturated rings. The highest BCUT2D eigenvalue weighted by atomic mass is 16.5. The molecule has 0 aromatic carbocycles. The SMILES string of the molecule is CO/C(=N\C(C)C)NCCO. The molecule has 4 nitrogen and oxygen atoms in total. The second-order valence-electron chi connectivity index (χ2n) is 2.38. The van der Waals surface area contributed by atoms with Crippen molar-refractivity contribution in [2.75, 3.05) is 20.3 Å². The van der Waals surface area contributed by atoms with E-state index in [4.69, 9.17) is 9.84 Å². The maximum atomic E-state index is 8.47. The molecule has 0 aliphatic carbocycles. The number of methoxy groups -OCH3 is 1. The summed E-state index contributed by atoms with van der Waals surface area (Å²) in [6.45, 7) is 4.47. The summed E-state index contributed by atoms with van der Waals surface area (Å²) >= 11 is 0. The Morgan fingerprint density at radius 1 is 1.64 bits per heavy atom. The Hall–Kier alpha value is -0.770. The Morgan fingerprint density at radius 2 is 2.27 bits per heavy atom. The average Bonchev–Trinajstić information content (AvgIpc) is 1.97. The number of ether oxygens (including phenoxy) is 1. The summed E-state index contributed by atoms with van der Waals surface area (Å²) in [5, 5.41) is 11.3. The fourth-order valence-corrected chi connectivity index (χ4v) is 0.568. The van der Waals surface area contributed by atoms with E-state index in [2.05, 4.69) is 10.3 Å². The summed E-state index contributed by atoms with van der Waals surface area (Å²) in [5.74, 6) is 0. The maximum absolute atomic E-state index is 8.47. The van der Waals surface area contributed by atoms with Crippen LogP contribution < -0.4 is 5.32 Å². The quantitative estimate of drug-likeness (QED) is 0.450. The zero-order valence-corrected chi connectivity index (χ0v) is 7.29. The number of rotatable bonds is 3. The maximum Gasteiger partial charge on any atom is 0.284 e. The number of nitrogens with zero attached hydrogens (tertiary/aromatic N) is 1. The van der Waals surface area contributed by atoms with Crippen LogP contribution in [0.2, 0.25) is 0 Å². The lowest BCUT2D eigenvalue weighted by Crippen LogP contribution is -2.28. The molecule has 0 rings (SSSR count). The van der Waals surface area contributed by atoms with Crippen LogP contribution in [-0.2, 0) is 4.74 Å². The van der Waals surface area contributed by atoms with Gasteiger partial charge in [0, 0.05) is 12.6 Å². The highest BCUT2D eigenvalue weighted by Gasteiger charge is 1.96. The van der Waals surface area contributed by atoms with E-state index in [0.29, 0.717) is 12.6 Å². The summed E-state index contributed by atoms with van der Waals surface area (Å²) in [5.41, 5.74) is 0. The number of hydrogen-bond acceptors (Lipinski definition) is 3. The number of amidine groups is 1. The van der Waals surface area contributed by atoms with Gasteiger partial charge in [0.25, 0.3) is 6.02 Å². The Bertz CT molecular complexity index is 124. The Morgan fingerprint density at radius 3 is 2.64 bits per heavy atom. The van der Waals surface area contributed by atoms with E-state index in [1.165, 1.54) is 0 Å². The molecule has 11 heavy (non-hydrogen) atoms. The van der Waals surface area contributed by atoms with Crippen molar-refractivity contribution >= 4 is 6.02 Å². The predicted octanol–water partition coefficient (Wildman–Crippen LogP) is -0.0209. The van der Waals surface area contributed by atoms with Gasteiger partial charge in [-0.05, 0) is 13.8 Å². The Kier molecular flexibility index (Phi) is 5.56. The summed E-state index contributed by atoms with van der Waals surface area (Å²) in [6.07, 6.45) is 0. The van der Waals surface area contributed by atoms with Crippen LogP contribution in [0.1, 0.15) is 13.8 Å². The van der Waals surface area contributed by atoms with Crippen molar-refractivity contribution in [3.05, 3.63) is 0 Å². The molecule has 0 unspecified atom stereocenters. The molecule has 2 N–H and O–H groups in total. The van der Waals surface area contributed by atoms with Gasteiger partial charge in [-0.2, -0.15) is 0 Å². The molecule has 0 radical (unpaired) electrons. The van der Waals surface area contributed by atoms with Gasteiger partial charge >= 0.3 is 0 Å². The molecule has 0 aromatic rings. The van der Waals surface area contributed by atoms with Crippen LogP contribution in [-0.4, -0.2) is 37.4 Å². The molecule has 0 atom stereocenters. The van der Waals surface area contributed by atoms with Crippen LogP contribution in [0.5, 0.6) is 0 Å². The second kappa shape index (κ2) is 5.97. The van der Waals surface area contributed by atoms with E-state index in [1.54, 1.807) is 7.11 Å². The van der Waals surface area contributed by atoms with Crippen molar-refractivity contribution in [1.82, 2.24) is 5.32 Å². The minimum atomic E-state index is 0.0838. The lowest BCUT2D eigenvalue weighted by molar-refractivity contribution is 0.291. The summed E-state index contributed by atoms with van der Waals surface area (Å²) in [6, 6.07) is 0.685. The lowest BCUT2D eigenvalue weighted by atomic mass is 10.4. The van der Waals surface area contributed by atoms with Crippen LogP contribution in [0, 0.1) is 0 Å². The van der Waals surface area contributed by atoms with Gasteiger partial charge in [-0.1, -0.05) is 0 Å². The third kappa shape index (κ3) is 5.66. The van der Waals surface area contributed by atoms with Crippen molar-refractivity contribution in [1.29, 1.82) is 0 Å². The minimum absolute atomic E-state index is 0.0838. The highest BCUT2D eigenvalue weighted by Crippen LogP contribution is 1.86. The molecule has 0 saturated carbocycles. The average molecular weight is 160 g/mol. The number of nitrogens with one attached hydrogen (secondary N) is 1. The first-order valence-corrected chi connectivity index (χ1v) is 3.67. The largest absolute Gasteiger partial charge is 0.469 e. The van der Waals surface area contributed by atoms with Gasteiger partial charge in [0.1, 0.15) is 0 Å². The van der Waals surface area contributed by atoms with E-state index < -0.39 is 0 Å². The zero-order valence-electron chi connectivity index (χ0n) is 7.29. The fourth-order valence-electron chi connectivity index (χ4n) is 0.568. The van der Waals surface area contributed by atoms with Gasteiger partial charge in [0.15, 0.2) is 0 Å². The topological polar surface area (TPSA) is 53.8 Å². The molecular formula is C7H16N2O2. The van der Waals surface area contributed by atoms with E-state index in [9.17, 15) is 0 Å². The van der Waals surface area contributed by atoms with E-state index in [0.717, 1.165) is 0 Å². The van der Waals surface area contributed by atoms with Crippen molar-refractivity contribution in [3.8, 4) is 0 Å². The molecule has 0 bridgehead atoms.